The highest BCUT2D eigenvalue weighted by molar-refractivity contribution is 7.47. The second-order valence-electron chi connectivity index (χ2n) is 13.3. The van der Waals surface area contributed by atoms with Gasteiger partial charge in [-0.2, -0.15) is 0 Å². The largest absolute Gasteiger partial charge is 0.472 e. The van der Waals surface area contributed by atoms with E-state index in [0.29, 0.717) is 6.42 Å². The maximum atomic E-state index is 12.0. The molecule has 0 saturated carbocycles. The van der Waals surface area contributed by atoms with Gasteiger partial charge in [-0.15, -0.1) is 0 Å². The summed E-state index contributed by atoms with van der Waals surface area (Å²) < 4.78 is 26.8. The molecule has 0 aliphatic heterocycles. The Morgan fingerprint density at radius 2 is 1.10 bits per heavy atom. The molecule has 49 heavy (non-hydrogen) atoms. The molecular formula is C39H74NO8P. The van der Waals surface area contributed by atoms with Crippen molar-refractivity contribution < 1.29 is 37.9 Å². The molecule has 1 amide bonds. The molecule has 0 aliphatic carbocycles. The number of esters is 1. The number of unbranched alkanes of at least 4 members (excludes halogenated alkanes) is 20. The Morgan fingerprint density at radius 3 is 1.65 bits per heavy atom. The lowest BCUT2D eigenvalue weighted by atomic mass is 10.1. The fraction of sp³-hybridized carbons (Fsp3) is 0.846. The van der Waals surface area contributed by atoms with Crippen molar-refractivity contribution in [2.24, 2.45) is 0 Å². The molecule has 2 atom stereocenters. The number of carbonyl (C=O) groups excluding carboxylic acids is 2. The van der Waals surface area contributed by atoms with E-state index in [9.17, 15) is 24.2 Å². The van der Waals surface area contributed by atoms with Gasteiger partial charge in [0.05, 0.1) is 13.2 Å². The van der Waals surface area contributed by atoms with Crippen LogP contribution in [0.3, 0.4) is 0 Å². The minimum absolute atomic E-state index is 0.0832. The molecule has 288 valence electrons. The topological polar surface area (TPSA) is 131 Å². The van der Waals surface area contributed by atoms with E-state index in [1.54, 1.807) is 0 Å². The molecule has 0 radical (unpaired) electrons. The number of nitrogens with one attached hydrogen (secondary N) is 1. The monoisotopic (exact) mass is 716 g/mol. The lowest BCUT2D eigenvalue weighted by molar-refractivity contribution is -0.147. The van der Waals surface area contributed by atoms with Gasteiger partial charge in [-0.3, -0.25) is 18.6 Å². The second kappa shape index (κ2) is 36.3. The van der Waals surface area contributed by atoms with Crippen molar-refractivity contribution >= 4 is 19.7 Å². The summed E-state index contributed by atoms with van der Waals surface area (Å²) >= 11 is 0. The minimum atomic E-state index is -4.41. The van der Waals surface area contributed by atoms with E-state index in [4.69, 9.17) is 13.8 Å². The van der Waals surface area contributed by atoms with E-state index in [0.717, 1.165) is 57.8 Å². The van der Waals surface area contributed by atoms with Crippen molar-refractivity contribution in [1.82, 2.24) is 5.32 Å². The SMILES string of the molecule is CCCCCC/C=C\C/C=C\CCCCCCCCCC(=O)OCC(O)COP(=O)(O)OCCNC(=O)CCCCCCCCCCCC. The van der Waals surface area contributed by atoms with Gasteiger partial charge >= 0.3 is 13.8 Å². The molecule has 0 saturated heterocycles. The molecule has 2 unspecified atom stereocenters. The third kappa shape index (κ3) is 37.6. The van der Waals surface area contributed by atoms with Crippen LogP contribution in [0, 0.1) is 0 Å². The quantitative estimate of drug-likeness (QED) is 0.0251. The number of ether oxygens (including phenoxy) is 1. The van der Waals surface area contributed by atoms with Crippen molar-refractivity contribution in [2.45, 2.75) is 187 Å². The summed E-state index contributed by atoms with van der Waals surface area (Å²) in [5.41, 5.74) is 0. The van der Waals surface area contributed by atoms with Gasteiger partial charge < -0.3 is 20.1 Å². The van der Waals surface area contributed by atoms with Crippen LogP contribution in [0.15, 0.2) is 24.3 Å². The van der Waals surface area contributed by atoms with Crippen LogP contribution in [0.25, 0.3) is 0 Å². The number of amides is 1. The molecule has 0 heterocycles. The summed E-state index contributed by atoms with van der Waals surface area (Å²) in [6.45, 7) is 3.51. The summed E-state index contributed by atoms with van der Waals surface area (Å²) in [6, 6.07) is 0. The van der Waals surface area contributed by atoms with Crippen LogP contribution in [0.1, 0.15) is 181 Å². The van der Waals surface area contributed by atoms with E-state index in [1.165, 1.54) is 96.3 Å². The first kappa shape index (κ1) is 47.5. The zero-order chi connectivity index (χ0) is 36.1. The van der Waals surface area contributed by atoms with Gasteiger partial charge in [0.2, 0.25) is 5.91 Å². The fourth-order valence-electron chi connectivity index (χ4n) is 5.35. The highest BCUT2D eigenvalue weighted by Crippen LogP contribution is 2.42. The van der Waals surface area contributed by atoms with Crippen LogP contribution in [0.4, 0.5) is 0 Å². The number of phosphoric ester groups is 1. The maximum absolute atomic E-state index is 12.0. The first-order valence-electron chi connectivity index (χ1n) is 19.8. The molecule has 9 nitrogen and oxygen atoms in total. The zero-order valence-electron chi connectivity index (χ0n) is 31.4. The van der Waals surface area contributed by atoms with Crippen LogP contribution in [-0.2, 0) is 27.9 Å². The Bertz CT molecular complexity index is 866. The number of carbonyl (C=O) groups is 2. The van der Waals surface area contributed by atoms with Gasteiger partial charge in [0.25, 0.3) is 0 Å². The number of phosphoric acid groups is 1. The molecule has 0 aromatic heterocycles. The van der Waals surface area contributed by atoms with Crippen molar-refractivity contribution in [2.75, 3.05) is 26.4 Å². The Hall–Kier alpha value is -1.51. The third-order valence-electron chi connectivity index (χ3n) is 8.38. The van der Waals surface area contributed by atoms with E-state index >= 15 is 0 Å². The smallest absolute Gasteiger partial charge is 0.463 e. The van der Waals surface area contributed by atoms with Crippen LogP contribution in [0.5, 0.6) is 0 Å². The first-order valence-corrected chi connectivity index (χ1v) is 21.3. The van der Waals surface area contributed by atoms with Gasteiger partial charge in [0.15, 0.2) is 0 Å². The number of hydrogen-bond acceptors (Lipinski definition) is 7. The molecule has 0 aromatic rings. The van der Waals surface area contributed by atoms with Gasteiger partial charge in [-0.05, 0) is 44.9 Å². The molecule has 0 bridgehead atoms. The van der Waals surface area contributed by atoms with Crippen LogP contribution in [-0.4, -0.2) is 54.3 Å². The van der Waals surface area contributed by atoms with Crippen LogP contribution >= 0.6 is 7.82 Å². The molecular weight excluding hydrogens is 641 g/mol. The Morgan fingerprint density at radius 1 is 0.633 bits per heavy atom. The maximum Gasteiger partial charge on any atom is 0.472 e. The molecule has 0 aliphatic rings. The molecule has 10 heteroatoms. The minimum Gasteiger partial charge on any atom is -0.463 e. The van der Waals surface area contributed by atoms with E-state index in [-0.39, 0.29) is 32.1 Å². The number of hydrogen-bond donors (Lipinski definition) is 3. The summed E-state index contributed by atoms with van der Waals surface area (Å²) in [4.78, 5) is 33.7. The molecule has 0 fully saturated rings. The number of aliphatic hydroxyl groups excluding tert-OH is 1. The molecule has 0 rings (SSSR count). The van der Waals surface area contributed by atoms with Gasteiger partial charge in [0.1, 0.15) is 12.7 Å². The highest BCUT2D eigenvalue weighted by atomic mass is 31.2. The van der Waals surface area contributed by atoms with Crippen LogP contribution in [0.2, 0.25) is 0 Å². The predicted molar refractivity (Wildman–Crippen MR) is 201 cm³/mol. The normalized spacial score (nSPS) is 13.6. The fourth-order valence-corrected chi connectivity index (χ4v) is 6.11. The van der Waals surface area contributed by atoms with Gasteiger partial charge in [-0.1, -0.05) is 147 Å². The Labute approximate surface area is 300 Å². The first-order chi connectivity index (χ1) is 23.8. The molecule has 0 aromatic carbocycles. The average molecular weight is 716 g/mol. The lowest BCUT2D eigenvalue weighted by Gasteiger charge is -2.15. The summed E-state index contributed by atoms with van der Waals surface area (Å²) in [7, 11) is -4.41. The Balaban J connectivity index is 3.62. The molecule has 3 N–H and O–H groups in total. The second-order valence-corrected chi connectivity index (χ2v) is 14.7. The van der Waals surface area contributed by atoms with Crippen molar-refractivity contribution in [3.05, 3.63) is 24.3 Å². The summed E-state index contributed by atoms with van der Waals surface area (Å²) in [5.74, 6) is -0.524. The predicted octanol–water partition coefficient (Wildman–Crippen LogP) is 10.4. The van der Waals surface area contributed by atoms with Crippen molar-refractivity contribution in [1.29, 1.82) is 0 Å². The van der Waals surface area contributed by atoms with Gasteiger partial charge in [-0.25, -0.2) is 4.57 Å². The number of aliphatic hydroxyl groups is 1. The van der Waals surface area contributed by atoms with Crippen molar-refractivity contribution in [3.8, 4) is 0 Å². The number of rotatable bonds is 37. The summed E-state index contributed by atoms with van der Waals surface area (Å²) in [6.07, 6.45) is 36.8. The van der Waals surface area contributed by atoms with E-state index < -0.39 is 26.5 Å². The highest BCUT2D eigenvalue weighted by Gasteiger charge is 2.23. The van der Waals surface area contributed by atoms with Gasteiger partial charge in [0, 0.05) is 19.4 Å². The van der Waals surface area contributed by atoms with Crippen molar-refractivity contribution in [3.63, 3.8) is 0 Å². The standard InChI is InChI=1S/C39H74NO8P/c1-3-5-7-9-11-13-15-16-17-18-19-20-21-22-24-26-28-30-32-39(43)46-35-37(41)36-48-49(44,45)47-34-33-40-38(42)31-29-27-25-23-14-12-10-8-6-4-2/h13,15,17-18,37,41H,3-12,14,16,19-36H2,1-2H3,(H,40,42)(H,44,45)/b15-13-,18-17-. The summed E-state index contributed by atoms with van der Waals surface area (Å²) in [5, 5.41) is 12.6. The van der Waals surface area contributed by atoms with E-state index in [1.807, 2.05) is 0 Å². The van der Waals surface area contributed by atoms with Crippen LogP contribution < -0.4 is 5.32 Å². The molecule has 0 spiro atoms. The Kier molecular flexibility index (Phi) is 35.2. The third-order valence-corrected chi connectivity index (χ3v) is 9.37. The van der Waals surface area contributed by atoms with E-state index in [2.05, 4.69) is 43.5 Å². The lowest BCUT2D eigenvalue weighted by Crippen LogP contribution is -2.27. The average Bonchev–Trinajstić information content (AvgIpc) is 3.08. The number of allylic oxidation sites excluding steroid dienone is 4. The zero-order valence-corrected chi connectivity index (χ0v) is 32.3.